The number of likely N-dealkylation sites (N-methyl/N-ethyl adjacent to an activating group) is 1. The molecule has 0 aliphatic heterocycles. The Morgan fingerprint density at radius 2 is 1.88 bits per heavy atom. The smallest absolute Gasteiger partial charge is 0.314 e. The van der Waals surface area contributed by atoms with E-state index in [4.69, 9.17) is 9.47 Å². The summed E-state index contributed by atoms with van der Waals surface area (Å²) in [7, 11) is 5.23. The summed E-state index contributed by atoms with van der Waals surface area (Å²) in [5.41, 5.74) is -1.29. The van der Waals surface area contributed by atoms with Gasteiger partial charge in [-0.05, 0) is 75.8 Å². The number of aliphatic hydroxyl groups excluding tert-OH is 1. The summed E-state index contributed by atoms with van der Waals surface area (Å²) in [6.45, 7) is 7.16. The van der Waals surface area contributed by atoms with Crippen LogP contribution in [0.15, 0.2) is 0 Å². The van der Waals surface area contributed by atoms with Crippen LogP contribution in [-0.2, 0) is 23.9 Å². The molecule has 0 bridgehead atoms. The molecule has 3 unspecified atom stereocenters. The van der Waals surface area contributed by atoms with Crippen LogP contribution >= 0.6 is 0 Å². The van der Waals surface area contributed by atoms with Crippen LogP contribution in [0.3, 0.4) is 0 Å². The van der Waals surface area contributed by atoms with Gasteiger partial charge in [0.1, 0.15) is 12.4 Å². The molecule has 0 radical (unpaired) electrons. The lowest BCUT2D eigenvalue weighted by Gasteiger charge is -2.62. The van der Waals surface area contributed by atoms with Crippen LogP contribution in [-0.4, -0.2) is 68.2 Å². The first-order valence-electron chi connectivity index (χ1n) is 12.1. The van der Waals surface area contributed by atoms with Crippen LogP contribution in [0.5, 0.6) is 0 Å². The quantitative estimate of drug-likeness (QED) is 0.621. The zero-order valence-corrected chi connectivity index (χ0v) is 20.6. The van der Waals surface area contributed by atoms with Gasteiger partial charge in [-0.3, -0.25) is 14.4 Å². The molecule has 0 spiro atoms. The molecule has 3 rings (SSSR count). The maximum absolute atomic E-state index is 13.5. The summed E-state index contributed by atoms with van der Waals surface area (Å²) in [5, 5.41) is 10.8. The molecule has 7 heteroatoms. The highest BCUT2D eigenvalue weighted by molar-refractivity contribution is 5.86. The first-order chi connectivity index (χ1) is 15.0. The number of nitrogens with zero attached hydrogens (tertiary/aromatic N) is 1. The van der Waals surface area contributed by atoms with E-state index in [-0.39, 0.29) is 53.2 Å². The van der Waals surface area contributed by atoms with Crippen molar-refractivity contribution in [1.82, 2.24) is 4.90 Å². The Kier molecular flexibility index (Phi) is 7.40. The summed E-state index contributed by atoms with van der Waals surface area (Å²) in [4.78, 5) is 40.6. The second kappa shape index (κ2) is 9.41. The Morgan fingerprint density at radius 1 is 1.19 bits per heavy atom. The zero-order chi connectivity index (χ0) is 23.8. The van der Waals surface area contributed by atoms with Gasteiger partial charge in [-0.15, -0.1) is 0 Å². The van der Waals surface area contributed by atoms with Crippen molar-refractivity contribution in [3.05, 3.63) is 0 Å². The van der Waals surface area contributed by atoms with Gasteiger partial charge in [0.05, 0.1) is 18.6 Å². The van der Waals surface area contributed by atoms with E-state index in [9.17, 15) is 19.5 Å². The largest absolute Gasteiger partial charge is 0.469 e. The monoisotopic (exact) mass is 451 g/mol. The van der Waals surface area contributed by atoms with Crippen molar-refractivity contribution in [2.45, 2.75) is 65.4 Å². The summed E-state index contributed by atoms with van der Waals surface area (Å²) < 4.78 is 10.5. The number of hydrogen-bond donors (Lipinski definition) is 1. The van der Waals surface area contributed by atoms with Crippen molar-refractivity contribution in [1.29, 1.82) is 0 Å². The fourth-order valence-corrected chi connectivity index (χ4v) is 7.22. The predicted molar refractivity (Wildman–Crippen MR) is 120 cm³/mol. The number of carbonyl (C=O) groups is 3. The standard InChI is InChI=1S/C25H41NO6/c1-15-16(13-21(29)32-12-11-26(4)5)7-8-17-22(15)18(27)14-19-24(17,2)10-9-20(28)25(19,3)23(30)31-6/h15-17,19-20,22,28H,7-14H2,1-6H3/t15?,16?,17-,19+,20?,22-,24+,25-/m0/s1. The van der Waals surface area contributed by atoms with Gasteiger partial charge in [-0.25, -0.2) is 0 Å². The molecule has 0 amide bonds. The molecule has 7 nitrogen and oxygen atoms in total. The molecule has 3 aliphatic rings. The van der Waals surface area contributed by atoms with E-state index in [0.717, 1.165) is 19.3 Å². The summed E-state index contributed by atoms with van der Waals surface area (Å²) >= 11 is 0. The zero-order valence-electron chi connectivity index (χ0n) is 20.6. The van der Waals surface area contributed by atoms with Gasteiger partial charge < -0.3 is 19.5 Å². The van der Waals surface area contributed by atoms with Crippen LogP contribution in [0.2, 0.25) is 0 Å². The van der Waals surface area contributed by atoms with Crippen molar-refractivity contribution >= 4 is 17.7 Å². The van der Waals surface area contributed by atoms with Crippen LogP contribution in [0.1, 0.15) is 59.3 Å². The Bertz CT molecular complexity index is 738. The molecule has 3 saturated carbocycles. The number of aliphatic hydroxyl groups is 1. The normalized spacial score (nSPS) is 41.6. The number of hydrogen-bond acceptors (Lipinski definition) is 7. The van der Waals surface area contributed by atoms with E-state index in [1.54, 1.807) is 6.92 Å². The summed E-state index contributed by atoms with van der Waals surface area (Å²) in [6.07, 6.45) is 2.89. The topological polar surface area (TPSA) is 93.1 Å². The third-order valence-electron chi connectivity index (χ3n) is 9.24. The second-order valence-corrected chi connectivity index (χ2v) is 11.1. The number of ketones is 1. The molecule has 0 aromatic heterocycles. The van der Waals surface area contributed by atoms with Crippen molar-refractivity contribution < 1.29 is 29.0 Å². The SMILES string of the molecule is COC(=O)[C@]1(C)C(O)CC[C@@]2(C)[C@H]1CC(=O)[C@H]1C(C)C(CC(=O)OCCN(C)C)CC[C@@H]12. The number of ether oxygens (including phenoxy) is 2. The van der Waals surface area contributed by atoms with E-state index in [1.165, 1.54) is 7.11 Å². The molecular weight excluding hydrogens is 410 g/mol. The average Bonchev–Trinajstić information content (AvgIpc) is 2.73. The molecule has 1 N–H and O–H groups in total. The van der Waals surface area contributed by atoms with E-state index in [0.29, 0.717) is 26.0 Å². The molecular formula is C25H41NO6. The van der Waals surface area contributed by atoms with Gasteiger partial charge in [0.25, 0.3) is 0 Å². The van der Waals surface area contributed by atoms with Crippen molar-refractivity contribution in [3.8, 4) is 0 Å². The van der Waals surface area contributed by atoms with Gasteiger partial charge in [0, 0.05) is 25.3 Å². The number of fused-ring (bicyclic) bond motifs is 3. The van der Waals surface area contributed by atoms with Gasteiger partial charge in [-0.1, -0.05) is 13.8 Å². The van der Waals surface area contributed by atoms with Crippen molar-refractivity contribution in [2.24, 2.45) is 40.4 Å². The van der Waals surface area contributed by atoms with E-state index in [1.807, 2.05) is 19.0 Å². The maximum atomic E-state index is 13.5. The Balaban J connectivity index is 1.77. The Labute approximate surface area is 192 Å². The second-order valence-electron chi connectivity index (χ2n) is 11.1. The van der Waals surface area contributed by atoms with Gasteiger partial charge >= 0.3 is 11.9 Å². The third kappa shape index (κ3) is 4.23. The highest BCUT2D eigenvalue weighted by Crippen LogP contribution is 2.64. The fraction of sp³-hybridized carbons (Fsp3) is 0.880. The van der Waals surface area contributed by atoms with Crippen molar-refractivity contribution in [3.63, 3.8) is 0 Å². The van der Waals surface area contributed by atoms with Crippen LogP contribution in [0, 0.1) is 40.4 Å². The molecule has 32 heavy (non-hydrogen) atoms. The third-order valence-corrected chi connectivity index (χ3v) is 9.24. The molecule has 3 fully saturated rings. The minimum absolute atomic E-state index is 0.0941. The lowest BCUT2D eigenvalue weighted by Crippen LogP contribution is -2.63. The van der Waals surface area contributed by atoms with Crippen LogP contribution < -0.4 is 0 Å². The van der Waals surface area contributed by atoms with Gasteiger partial charge in [0.15, 0.2) is 0 Å². The van der Waals surface area contributed by atoms with E-state index in [2.05, 4.69) is 13.8 Å². The number of methoxy groups -OCH3 is 1. The number of carbonyl (C=O) groups excluding carboxylic acids is 3. The summed E-state index contributed by atoms with van der Waals surface area (Å²) in [6, 6.07) is 0. The van der Waals surface area contributed by atoms with Crippen LogP contribution in [0.25, 0.3) is 0 Å². The number of rotatable bonds is 6. The molecule has 0 aromatic carbocycles. The first kappa shape index (κ1) is 25.2. The van der Waals surface area contributed by atoms with Gasteiger partial charge in [0.2, 0.25) is 0 Å². The minimum Gasteiger partial charge on any atom is -0.469 e. The molecule has 8 atom stereocenters. The molecule has 0 aromatic rings. The molecule has 0 heterocycles. The lowest BCUT2D eigenvalue weighted by atomic mass is 9.42. The van der Waals surface area contributed by atoms with Crippen LogP contribution in [0.4, 0.5) is 0 Å². The molecule has 182 valence electrons. The number of esters is 2. The minimum atomic E-state index is -1.07. The fourth-order valence-electron chi connectivity index (χ4n) is 7.22. The highest BCUT2D eigenvalue weighted by Gasteiger charge is 2.65. The Hall–Kier alpha value is -1.47. The van der Waals surface area contributed by atoms with Gasteiger partial charge in [-0.2, -0.15) is 0 Å². The van der Waals surface area contributed by atoms with Crippen molar-refractivity contribution in [2.75, 3.05) is 34.4 Å². The molecule has 3 aliphatic carbocycles. The Morgan fingerprint density at radius 3 is 2.50 bits per heavy atom. The number of Topliss-reactive ketones (excluding diaryl/α,β-unsaturated/α-hetero) is 1. The maximum Gasteiger partial charge on any atom is 0.314 e. The average molecular weight is 452 g/mol. The predicted octanol–water partition coefficient (Wildman–Crippen LogP) is 2.69. The molecule has 0 saturated heterocycles. The summed E-state index contributed by atoms with van der Waals surface area (Å²) in [5.74, 6) is -0.407. The first-order valence-corrected chi connectivity index (χ1v) is 12.1. The van der Waals surface area contributed by atoms with E-state index < -0.39 is 17.5 Å². The lowest BCUT2D eigenvalue weighted by molar-refractivity contribution is -0.200. The van der Waals surface area contributed by atoms with E-state index >= 15 is 0 Å². The highest BCUT2D eigenvalue weighted by atomic mass is 16.5.